The van der Waals surface area contributed by atoms with Crippen molar-refractivity contribution in [3.8, 4) is 0 Å². The molecule has 1 aromatic rings. The predicted octanol–water partition coefficient (Wildman–Crippen LogP) is 4.44. The van der Waals surface area contributed by atoms with E-state index in [1.807, 2.05) is 13.0 Å². The van der Waals surface area contributed by atoms with E-state index in [2.05, 4.69) is 15.9 Å². The molecular weight excluding hydrogens is 312 g/mol. The maximum Gasteiger partial charge on any atom is 0.305 e. The van der Waals surface area contributed by atoms with E-state index >= 15 is 0 Å². The summed E-state index contributed by atoms with van der Waals surface area (Å²) in [5.41, 5.74) is 1.22. The zero-order valence-corrected chi connectivity index (χ0v) is 12.3. The average Bonchev–Trinajstić information content (AvgIpc) is 2.53. The topological polar surface area (TPSA) is 26.3 Å². The summed E-state index contributed by atoms with van der Waals surface area (Å²) in [5.74, 6) is -0.107. The Labute approximate surface area is 113 Å². The summed E-state index contributed by atoms with van der Waals surface area (Å²) in [6.45, 7) is 2.28. The fourth-order valence-corrected chi connectivity index (χ4v) is 3.51. The highest BCUT2D eigenvalue weighted by Gasteiger charge is 2.06. The molecule has 0 amide bonds. The maximum atomic E-state index is 11.1. The second-order valence-electron chi connectivity index (χ2n) is 3.36. The third-order valence-corrected chi connectivity index (χ3v) is 4.20. The molecule has 0 N–H and O–H groups in total. The predicted molar refractivity (Wildman–Crippen MR) is 71.2 cm³/mol. The molecule has 90 valence electrons. The second-order valence-corrected chi connectivity index (χ2v) is 6.36. The molecule has 0 aliphatic carbocycles. The first-order chi connectivity index (χ1) is 7.63. The third-order valence-electron chi connectivity index (χ3n) is 2.11. The van der Waals surface area contributed by atoms with Crippen LogP contribution in [0.2, 0.25) is 4.34 Å². The summed E-state index contributed by atoms with van der Waals surface area (Å²) in [6.07, 6.45) is 3.29. The van der Waals surface area contributed by atoms with Crippen LogP contribution < -0.4 is 0 Å². The minimum atomic E-state index is -0.107. The maximum absolute atomic E-state index is 11.1. The molecule has 0 saturated heterocycles. The van der Waals surface area contributed by atoms with Crippen LogP contribution in [-0.2, 0) is 16.0 Å². The van der Waals surface area contributed by atoms with Crippen LogP contribution in [0.3, 0.4) is 0 Å². The quantitative estimate of drug-likeness (QED) is 0.571. The number of rotatable bonds is 6. The number of unbranched alkanes of at least 4 members (excludes halogenated alkanes) is 1. The van der Waals surface area contributed by atoms with E-state index in [4.69, 9.17) is 16.3 Å². The summed E-state index contributed by atoms with van der Waals surface area (Å²) >= 11 is 10.9. The van der Waals surface area contributed by atoms with E-state index in [0.29, 0.717) is 13.0 Å². The van der Waals surface area contributed by atoms with Gasteiger partial charge in [-0.05, 0) is 53.7 Å². The summed E-state index contributed by atoms with van der Waals surface area (Å²) in [5, 5.41) is 0. The van der Waals surface area contributed by atoms with Crippen LogP contribution in [0.4, 0.5) is 0 Å². The molecule has 0 fully saturated rings. The van der Waals surface area contributed by atoms with Gasteiger partial charge in [-0.15, -0.1) is 11.3 Å². The van der Waals surface area contributed by atoms with Gasteiger partial charge >= 0.3 is 5.97 Å². The van der Waals surface area contributed by atoms with Crippen LogP contribution in [0.5, 0.6) is 0 Å². The SMILES string of the molecule is CCOC(=O)CCCCc1cc(Cl)sc1Br. The molecule has 0 aromatic carbocycles. The van der Waals surface area contributed by atoms with Gasteiger partial charge in [0, 0.05) is 6.42 Å². The first-order valence-corrected chi connectivity index (χ1v) is 7.21. The van der Waals surface area contributed by atoms with Crippen molar-refractivity contribution >= 4 is 44.8 Å². The number of aryl methyl sites for hydroxylation is 1. The Morgan fingerprint density at radius 1 is 1.56 bits per heavy atom. The average molecular weight is 326 g/mol. The number of thiophene rings is 1. The normalized spacial score (nSPS) is 10.4. The van der Waals surface area contributed by atoms with Crippen LogP contribution in [0.15, 0.2) is 9.85 Å². The van der Waals surface area contributed by atoms with Gasteiger partial charge in [-0.3, -0.25) is 4.79 Å². The largest absolute Gasteiger partial charge is 0.466 e. The summed E-state index contributed by atoms with van der Waals surface area (Å²) in [4.78, 5) is 11.1. The van der Waals surface area contributed by atoms with Crippen LogP contribution in [0, 0.1) is 0 Å². The lowest BCUT2D eigenvalue weighted by atomic mass is 10.1. The summed E-state index contributed by atoms with van der Waals surface area (Å²) in [6, 6.07) is 1.97. The second kappa shape index (κ2) is 7.30. The van der Waals surface area contributed by atoms with Gasteiger partial charge in [0.15, 0.2) is 0 Å². The lowest BCUT2D eigenvalue weighted by molar-refractivity contribution is -0.143. The van der Waals surface area contributed by atoms with Gasteiger partial charge in [-0.2, -0.15) is 0 Å². The Morgan fingerprint density at radius 2 is 2.31 bits per heavy atom. The number of carbonyl (C=O) groups excluding carboxylic acids is 1. The van der Waals surface area contributed by atoms with Crippen LogP contribution in [-0.4, -0.2) is 12.6 Å². The van der Waals surface area contributed by atoms with Crippen molar-refractivity contribution in [1.29, 1.82) is 0 Å². The smallest absolute Gasteiger partial charge is 0.305 e. The molecule has 1 heterocycles. The van der Waals surface area contributed by atoms with E-state index in [0.717, 1.165) is 27.4 Å². The van der Waals surface area contributed by atoms with Crippen molar-refractivity contribution in [1.82, 2.24) is 0 Å². The third kappa shape index (κ3) is 4.85. The Hall–Kier alpha value is -0.0600. The molecular formula is C11H14BrClO2S. The van der Waals surface area contributed by atoms with Crippen molar-refractivity contribution in [3.05, 3.63) is 19.8 Å². The molecule has 0 saturated carbocycles. The van der Waals surface area contributed by atoms with Gasteiger partial charge < -0.3 is 4.74 Å². The van der Waals surface area contributed by atoms with Gasteiger partial charge in [0.05, 0.1) is 14.7 Å². The fourth-order valence-electron chi connectivity index (χ4n) is 1.36. The number of halogens is 2. The number of hydrogen-bond acceptors (Lipinski definition) is 3. The van der Waals surface area contributed by atoms with Crippen molar-refractivity contribution in [2.24, 2.45) is 0 Å². The minimum Gasteiger partial charge on any atom is -0.466 e. The number of carbonyl (C=O) groups is 1. The molecule has 1 aromatic heterocycles. The molecule has 0 aliphatic rings. The van der Waals surface area contributed by atoms with E-state index in [1.54, 1.807) is 0 Å². The van der Waals surface area contributed by atoms with Gasteiger partial charge in [0.25, 0.3) is 0 Å². The number of esters is 1. The van der Waals surface area contributed by atoms with Gasteiger partial charge in [0.2, 0.25) is 0 Å². The lowest BCUT2D eigenvalue weighted by Gasteiger charge is -2.01. The van der Waals surface area contributed by atoms with Gasteiger partial charge in [-0.25, -0.2) is 0 Å². The molecule has 2 nitrogen and oxygen atoms in total. The van der Waals surface area contributed by atoms with E-state index in [9.17, 15) is 4.79 Å². The molecule has 0 atom stereocenters. The highest BCUT2D eigenvalue weighted by Crippen LogP contribution is 2.32. The highest BCUT2D eigenvalue weighted by atomic mass is 79.9. The zero-order chi connectivity index (χ0) is 12.0. The monoisotopic (exact) mass is 324 g/mol. The Balaban J connectivity index is 2.21. The van der Waals surface area contributed by atoms with Crippen molar-refractivity contribution < 1.29 is 9.53 Å². The van der Waals surface area contributed by atoms with E-state index < -0.39 is 0 Å². The van der Waals surface area contributed by atoms with Gasteiger partial charge in [0.1, 0.15) is 0 Å². The Bertz CT molecular complexity index is 352. The molecule has 5 heteroatoms. The van der Waals surface area contributed by atoms with E-state index in [-0.39, 0.29) is 5.97 Å². The number of ether oxygens (including phenoxy) is 1. The van der Waals surface area contributed by atoms with E-state index in [1.165, 1.54) is 16.9 Å². The molecule has 0 spiro atoms. The molecule has 0 bridgehead atoms. The molecule has 1 rings (SSSR count). The Morgan fingerprint density at radius 3 is 2.88 bits per heavy atom. The standard InChI is InChI=1S/C11H14BrClO2S/c1-2-15-10(14)6-4-3-5-8-7-9(13)16-11(8)12/h7H,2-6H2,1H3. The minimum absolute atomic E-state index is 0.107. The van der Waals surface area contributed by atoms with Crippen LogP contribution in [0.25, 0.3) is 0 Å². The van der Waals surface area contributed by atoms with Crippen molar-refractivity contribution in [2.45, 2.75) is 32.6 Å². The summed E-state index contributed by atoms with van der Waals surface area (Å²) in [7, 11) is 0. The molecule has 0 aliphatic heterocycles. The van der Waals surface area contributed by atoms with Crippen molar-refractivity contribution in [3.63, 3.8) is 0 Å². The Kier molecular flexibility index (Phi) is 6.39. The fraction of sp³-hybridized carbons (Fsp3) is 0.545. The van der Waals surface area contributed by atoms with Crippen molar-refractivity contribution in [2.75, 3.05) is 6.61 Å². The lowest BCUT2D eigenvalue weighted by Crippen LogP contribution is -2.03. The molecule has 0 unspecified atom stereocenters. The first kappa shape index (κ1) is 14.0. The molecule has 0 radical (unpaired) electrons. The molecule has 16 heavy (non-hydrogen) atoms. The first-order valence-electron chi connectivity index (χ1n) is 5.22. The highest BCUT2D eigenvalue weighted by molar-refractivity contribution is 9.11. The van der Waals surface area contributed by atoms with Crippen LogP contribution in [0.1, 0.15) is 31.7 Å². The van der Waals surface area contributed by atoms with Crippen LogP contribution >= 0.6 is 38.9 Å². The zero-order valence-electron chi connectivity index (χ0n) is 9.09. The summed E-state index contributed by atoms with van der Waals surface area (Å²) < 4.78 is 6.74. The number of hydrogen-bond donors (Lipinski definition) is 0. The van der Waals surface area contributed by atoms with Gasteiger partial charge in [-0.1, -0.05) is 11.6 Å².